The van der Waals surface area contributed by atoms with Crippen molar-refractivity contribution < 1.29 is 5.11 Å². The van der Waals surface area contributed by atoms with Crippen LogP contribution in [0, 0.1) is 0 Å². The molecule has 4 N–H and O–H groups in total. The Hall–Kier alpha value is -1.79. The highest BCUT2D eigenvalue weighted by Crippen LogP contribution is 2.21. The second-order valence-electron chi connectivity index (χ2n) is 3.71. The van der Waals surface area contributed by atoms with Crippen LogP contribution >= 0.6 is 11.8 Å². The second-order valence-corrected chi connectivity index (χ2v) is 4.72. The number of nitrogens with two attached hydrogens (primary N) is 1. The molecule has 1 unspecified atom stereocenters. The van der Waals surface area contributed by atoms with Crippen LogP contribution < -0.4 is 11.3 Å². The van der Waals surface area contributed by atoms with E-state index in [1.54, 1.807) is 0 Å². The molecule has 1 aromatic carbocycles. The predicted octanol–water partition coefficient (Wildman–Crippen LogP) is 1.18. The molecule has 0 spiro atoms. The summed E-state index contributed by atoms with van der Waals surface area (Å²) in [6, 6.07) is 10.5. The van der Waals surface area contributed by atoms with Crippen molar-refractivity contribution in [1.82, 2.24) is 9.97 Å². The molecule has 0 saturated heterocycles. The minimum Gasteiger partial charge on any atom is -0.388 e. The van der Waals surface area contributed by atoms with Crippen LogP contribution in [0.5, 0.6) is 0 Å². The zero-order valence-electron chi connectivity index (χ0n) is 9.54. The number of nitrogens with zero attached hydrogens (tertiary/aromatic N) is 1. The third kappa shape index (κ3) is 3.35. The molecule has 0 bridgehead atoms. The molecule has 2 aromatic rings. The van der Waals surface area contributed by atoms with Gasteiger partial charge in [-0.25, -0.2) is 4.98 Å². The first-order valence-corrected chi connectivity index (χ1v) is 6.36. The number of aliphatic hydroxyl groups is 1. The Labute approximate surface area is 108 Å². The van der Waals surface area contributed by atoms with Gasteiger partial charge in [-0.05, 0) is 5.56 Å². The van der Waals surface area contributed by atoms with Gasteiger partial charge in [0, 0.05) is 11.8 Å². The maximum Gasteiger partial charge on any atom is 0.253 e. The van der Waals surface area contributed by atoms with Crippen molar-refractivity contribution in [3.63, 3.8) is 0 Å². The summed E-state index contributed by atoms with van der Waals surface area (Å²) in [6.45, 7) is 0. The number of hydrogen-bond donors (Lipinski definition) is 3. The van der Waals surface area contributed by atoms with E-state index in [0.29, 0.717) is 10.9 Å². The molecule has 0 aliphatic carbocycles. The lowest BCUT2D eigenvalue weighted by molar-refractivity contribution is 0.204. The Morgan fingerprint density at radius 2 is 2.11 bits per heavy atom. The molecule has 1 heterocycles. The van der Waals surface area contributed by atoms with E-state index in [0.717, 1.165) is 5.56 Å². The van der Waals surface area contributed by atoms with Crippen molar-refractivity contribution in [3.05, 3.63) is 52.3 Å². The molecule has 5 nitrogen and oxygen atoms in total. The number of aromatic amines is 1. The number of nitrogens with one attached hydrogen (secondary N) is 1. The highest BCUT2D eigenvalue weighted by molar-refractivity contribution is 7.99. The molecule has 0 saturated carbocycles. The van der Waals surface area contributed by atoms with Crippen LogP contribution in [0.3, 0.4) is 0 Å². The summed E-state index contributed by atoms with van der Waals surface area (Å²) in [5.41, 5.74) is 6.01. The standard InChI is InChI=1S/C12H13N3O2S/c13-10-6-11(17)15-12(14-10)18-7-9(16)8-4-2-1-3-5-8/h1-6,9,16H,7H2,(H3,13,14,15,17). The zero-order chi connectivity index (χ0) is 13.0. The maximum absolute atomic E-state index is 11.2. The Balaban J connectivity index is 2.01. The molecule has 0 aliphatic rings. The van der Waals surface area contributed by atoms with Crippen molar-refractivity contribution in [2.45, 2.75) is 11.3 Å². The van der Waals surface area contributed by atoms with Crippen molar-refractivity contribution >= 4 is 17.6 Å². The van der Waals surface area contributed by atoms with Crippen molar-refractivity contribution in [3.8, 4) is 0 Å². The van der Waals surface area contributed by atoms with Gasteiger partial charge in [-0.3, -0.25) is 4.79 Å². The van der Waals surface area contributed by atoms with E-state index in [4.69, 9.17) is 5.73 Å². The fraction of sp³-hybridized carbons (Fsp3) is 0.167. The Kier molecular flexibility index (Phi) is 4.01. The van der Waals surface area contributed by atoms with Gasteiger partial charge in [-0.15, -0.1) is 0 Å². The number of aliphatic hydroxyl groups excluding tert-OH is 1. The van der Waals surface area contributed by atoms with Crippen LogP contribution in [0.15, 0.2) is 46.3 Å². The largest absolute Gasteiger partial charge is 0.388 e. The van der Waals surface area contributed by atoms with Gasteiger partial charge >= 0.3 is 0 Å². The summed E-state index contributed by atoms with van der Waals surface area (Å²) < 4.78 is 0. The minimum absolute atomic E-state index is 0.176. The Morgan fingerprint density at radius 3 is 2.78 bits per heavy atom. The fourth-order valence-corrected chi connectivity index (χ4v) is 2.30. The summed E-state index contributed by atoms with van der Waals surface area (Å²) in [5, 5.41) is 10.4. The number of nitrogen functional groups attached to an aromatic ring is 1. The van der Waals surface area contributed by atoms with E-state index in [9.17, 15) is 9.90 Å². The van der Waals surface area contributed by atoms with E-state index in [1.807, 2.05) is 30.3 Å². The molecule has 94 valence electrons. The second kappa shape index (κ2) is 5.70. The quantitative estimate of drug-likeness (QED) is 0.569. The first kappa shape index (κ1) is 12.7. The average molecular weight is 263 g/mol. The van der Waals surface area contributed by atoms with Crippen LogP contribution in [0.2, 0.25) is 0 Å². The lowest BCUT2D eigenvalue weighted by atomic mass is 10.1. The number of aromatic nitrogens is 2. The number of hydrogen-bond acceptors (Lipinski definition) is 5. The van der Waals surface area contributed by atoms with Gasteiger partial charge in [0.25, 0.3) is 5.56 Å². The number of benzene rings is 1. The summed E-state index contributed by atoms with van der Waals surface area (Å²) >= 11 is 1.26. The normalized spacial score (nSPS) is 12.3. The molecule has 0 fully saturated rings. The molecule has 0 amide bonds. The monoisotopic (exact) mass is 263 g/mol. The van der Waals surface area contributed by atoms with Gasteiger partial charge in [0.2, 0.25) is 0 Å². The van der Waals surface area contributed by atoms with E-state index >= 15 is 0 Å². The molecule has 2 rings (SSSR count). The Bertz CT molecular complexity index is 571. The van der Waals surface area contributed by atoms with Gasteiger partial charge in [0.05, 0.1) is 6.10 Å². The highest BCUT2D eigenvalue weighted by Gasteiger charge is 2.08. The zero-order valence-corrected chi connectivity index (χ0v) is 10.4. The summed E-state index contributed by atoms with van der Waals surface area (Å²) in [6.07, 6.45) is -0.608. The molecule has 0 aliphatic heterocycles. The number of H-pyrrole nitrogens is 1. The molecule has 18 heavy (non-hydrogen) atoms. The molecular weight excluding hydrogens is 250 g/mol. The minimum atomic E-state index is -0.608. The van der Waals surface area contributed by atoms with Crippen LogP contribution in [0.4, 0.5) is 5.82 Å². The third-order valence-electron chi connectivity index (χ3n) is 2.30. The van der Waals surface area contributed by atoms with Gasteiger partial charge < -0.3 is 15.8 Å². The van der Waals surface area contributed by atoms with E-state index in [1.165, 1.54) is 17.8 Å². The third-order valence-corrected chi connectivity index (χ3v) is 3.25. The van der Waals surface area contributed by atoms with Gasteiger partial charge in [0.15, 0.2) is 5.16 Å². The smallest absolute Gasteiger partial charge is 0.253 e. The average Bonchev–Trinajstić information content (AvgIpc) is 2.36. The summed E-state index contributed by atoms with van der Waals surface area (Å²) in [7, 11) is 0. The summed E-state index contributed by atoms with van der Waals surface area (Å²) in [4.78, 5) is 17.7. The fourth-order valence-electron chi connectivity index (χ4n) is 1.45. The first-order valence-electron chi connectivity index (χ1n) is 5.38. The predicted molar refractivity (Wildman–Crippen MR) is 71.4 cm³/mol. The van der Waals surface area contributed by atoms with Crippen molar-refractivity contribution in [2.75, 3.05) is 11.5 Å². The van der Waals surface area contributed by atoms with Crippen molar-refractivity contribution in [1.29, 1.82) is 0 Å². The van der Waals surface area contributed by atoms with Crippen LogP contribution in [-0.4, -0.2) is 20.8 Å². The van der Waals surface area contributed by atoms with Crippen LogP contribution in [-0.2, 0) is 0 Å². The molecule has 0 radical (unpaired) electrons. The lowest BCUT2D eigenvalue weighted by Crippen LogP contribution is -2.10. The van der Waals surface area contributed by atoms with Gasteiger partial charge in [-0.2, -0.15) is 0 Å². The molecular formula is C12H13N3O2S. The number of rotatable bonds is 4. The molecule has 1 aromatic heterocycles. The van der Waals surface area contributed by atoms with Gasteiger partial charge in [0.1, 0.15) is 5.82 Å². The number of anilines is 1. The summed E-state index contributed by atoms with van der Waals surface area (Å²) in [5.74, 6) is 0.576. The van der Waals surface area contributed by atoms with Crippen LogP contribution in [0.25, 0.3) is 0 Å². The topological polar surface area (TPSA) is 92.0 Å². The maximum atomic E-state index is 11.2. The number of thioether (sulfide) groups is 1. The van der Waals surface area contributed by atoms with Gasteiger partial charge in [-0.1, -0.05) is 42.1 Å². The first-order chi connectivity index (χ1) is 8.65. The van der Waals surface area contributed by atoms with Crippen molar-refractivity contribution in [2.24, 2.45) is 0 Å². The lowest BCUT2D eigenvalue weighted by Gasteiger charge is -2.09. The van der Waals surface area contributed by atoms with E-state index in [-0.39, 0.29) is 11.4 Å². The van der Waals surface area contributed by atoms with E-state index in [2.05, 4.69) is 9.97 Å². The SMILES string of the molecule is Nc1cc(=O)[nH]c(SCC(O)c2ccccc2)n1. The molecule has 1 atom stereocenters. The van der Waals surface area contributed by atoms with Crippen LogP contribution in [0.1, 0.15) is 11.7 Å². The van der Waals surface area contributed by atoms with E-state index < -0.39 is 6.10 Å². The highest BCUT2D eigenvalue weighted by atomic mass is 32.2. The molecule has 6 heteroatoms. The Morgan fingerprint density at radius 1 is 1.39 bits per heavy atom.